The van der Waals surface area contributed by atoms with Crippen molar-refractivity contribution < 1.29 is 27.9 Å². The number of hydrogen-bond donors (Lipinski definition) is 1. The lowest BCUT2D eigenvalue weighted by Crippen LogP contribution is -2.74. The number of ether oxygens (including phenoxy) is 1. The Hall–Kier alpha value is -6.61. The number of nitriles is 1. The lowest BCUT2D eigenvalue weighted by molar-refractivity contribution is -0.164. The molecule has 10 rings (SSSR count). The van der Waals surface area contributed by atoms with Gasteiger partial charge in [0, 0.05) is 136 Å². The van der Waals surface area contributed by atoms with Crippen LogP contribution in [-0.2, 0) is 36.0 Å². The van der Waals surface area contributed by atoms with Crippen LogP contribution in [0.25, 0.3) is 11.1 Å². The number of likely N-dealkylation sites (tertiary alicyclic amines) is 1. The number of halogens is 3. The molecular formula is C52H59ClF2N12O4. The summed E-state index contributed by atoms with van der Waals surface area (Å²) in [5.74, 6) is 1.82. The van der Waals surface area contributed by atoms with Crippen LogP contribution in [0.15, 0.2) is 55.1 Å². The molecule has 3 aromatic heterocycles. The second-order valence-electron chi connectivity index (χ2n) is 21.1. The van der Waals surface area contributed by atoms with Gasteiger partial charge in [0.25, 0.3) is 12.3 Å². The summed E-state index contributed by atoms with van der Waals surface area (Å²) in [4.78, 5) is 56.9. The summed E-state index contributed by atoms with van der Waals surface area (Å²) in [5, 5.41) is 22.2. The van der Waals surface area contributed by atoms with Gasteiger partial charge >= 0.3 is 0 Å². The molecule has 0 spiro atoms. The van der Waals surface area contributed by atoms with E-state index in [0.29, 0.717) is 109 Å². The van der Waals surface area contributed by atoms with Gasteiger partial charge in [-0.1, -0.05) is 39.3 Å². The Bertz CT molecular complexity index is 2920. The summed E-state index contributed by atoms with van der Waals surface area (Å²) >= 11 is 6.26. The molecule has 19 heteroatoms. The maximum absolute atomic E-state index is 14.7. The topological polar surface area (TPSA) is 171 Å². The second kappa shape index (κ2) is 18.5. The van der Waals surface area contributed by atoms with Crippen LogP contribution in [0.3, 0.4) is 0 Å². The molecular weight excluding hydrogens is 930 g/mol. The number of piperidine rings is 1. The quantitative estimate of drug-likeness (QED) is 0.137. The van der Waals surface area contributed by atoms with Crippen LogP contribution in [-0.4, -0.2) is 108 Å². The van der Waals surface area contributed by atoms with Gasteiger partial charge in [0.15, 0.2) is 5.82 Å². The monoisotopic (exact) mass is 988 g/mol. The van der Waals surface area contributed by atoms with E-state index in [-0.39, 0.29) is 47.4 Å². The van der Waals surface area contributed by atoms with E-state index in [4.69, 9.17) is 21.4 Å². The SMILES string of the molecule is CC(=O)N1CCc2c(c(N3CCCc4cc(-c5cnn(C)c5)c(C(F)F)cc43)nn2C2CN(C(=O)CC3CCN(c4ncc(C(=O)NC5C(C)(C)C(Oc6ccc(C#N)c(Cl)c6)C5(C)C)cn4)CC3)C2)C1. The van der Waals surface area contributed by atoms with Gasteiger partial charge in [-0.3, -0.25) is 23.7 Å². The number of hydrogen-bond acceptors (Lipinski definition) is 11. The van der Waals surface area contributed by atoms with E-state index in [1.54, 1.807) is 67.7 Å². The predicted molar refractivity (Wildman–Crippen MR) is 263 cm³/mol. The molecule has 71 heavy (non-hydrogen) atoms. The van der Waals surface area contributed by atoms with Gasteiger partial charge in [-0.15, -0.1) is 0 Å². The van der Waals surface area contributed by atoms with Gasteiger partial charge in [0.2, 0.25) is 17.8 Å². The van der Waals surface area contributed by atoms with Crippen molar-refractivity contribution in [3.8, 4) is 22.9 Å². The number of fused-ring (bicyclic) bond motifs is 2. The highest BCUT2D eigenvalue weighted by Gasteiger charge is 2.64. The van der Waals surface area contributed by atoms with Crippen molar-refractivity contribution in [2.45, 2.75) is 104 Å². The van der Waals surface area contributed by atoms with Crippen LogP contribution in [0.4, 0.5) is 26.2 Å². The lowest BCUT2D eigenvalue weighted by Gasteiger charge is -2.63. The van der Waals surface area contributed by atoms with Gasteiger partial charge in [-0.25, -0.2) is 18.7 Å². The van der Waals surface area contributed by atoms with E-state index in [1.165, 1.54) is 0 Å². The first-order valence-corrected chi connectivity index (χ1v) is 24.9. The molecule has 0 unspecified atom stereocenters. The number of nitrogens with zero attached hydrogens (tertiary/aromatic N) is 11. The Labute approximate surface area is 416 Å². The summed E-state index contributed by atoms with van der Waals surface area (Å²) in [5.41, 5.74) is 4.60. The van der Waals surface area contributed by atoms with E-state index in [0.717, 1.165) is 42.5 Å². The van der Waals surface area contributed by atoms with Crippen LogP contribution in [0.2, 0.25) is 5.02 Å². The maximum Gasteiger partial charge on any atom is 0.264 e. The predicted octanol–water partition coefficient (Wildman–Crippen LogP) is 7.83. The number of alkyl halides is 2. The third kappa shape index (κ3) is 8.84. The number of aryl methyl sites for hydroxylation is 2. The van der Waals surface area contributed by atoms with Gasteiger partial charge in [0.05, 0.1) is 34.9 Å². The fourth-order valence-corrected chi connectivity index (χ4v) is 12.2. The van der Waals surface area contributed by atoms with Gasteiger partial charge in [0.1, 0.15) is 17.9 Å². The Morgan fingerprint density at radius 1 is 0.972 bits per heavy atom. The first-order chi connectivity index (χ1) is 33.9. The van der Waals surface area contributed by atoms with Crippen molar-refractivity contribution in [1.82, 2.24) is 44.6 Å². The average Bonchev–Trinajstić information content (AvgIpc) is 3.94. The Morgan fingerprint density at radius 3 is 2.35 bits per heavy atom. The van der Waals surface area contributed by atoms with Crippen LogP contribution < -0.4 is 19.9 Å². The van der Waals surface area contributed by atoms with Gasteiger partial charge in [-0.2, -0.15) is 15.5 Å². The molecule has 3 amide bonds. The zero-order valence-corrected chi connectivity index (χ0v) is 41.7. The van der Waals surface area contributed by atoms with Crippen molar-refractivity contribution in [3.63, 3.8) is 0 Å². The minimum atomic E-state index is -2.70. The number of aromatic nitrogens is 6. The van der Waals surface area contributed by atoms with Crippen LogP contribution in [0, 0.1) is 28.1 Å². The first kappa shape index (κ1) is 48.0. The second-order valence-corrected chi connectivity index (χ2v) is 21.5. The average molecular weight is 990 g/mol. The Kier molecular flexibility index (Phi) is 12.5. The molecule has 16 nitrogen and oxygen atoms in total. The number of rotatable bonds is 11. The molecule has 5 aromatic rings. The number of amides is 3. The minimum Gasteiger partial charge on any atom is -0.489 e. The zero-order valence-electron chi connectivity index (χ0n) is 41.0. The smallest absolute Gasteiger partial charge is 0.264 e. The third-order valence-corrected chi connectivity index (χ3v) is 16.0. The molecule has 2 saturated heterocycles. The first-order valence-electron chi connectivity index (χ1n) is 24.5. The molecule has 5 aliphatic rings. The minimum absolute atomic E-state index is 0.0279. The summed E-state index contributed by atoms with van der Waals surface area (Å²) < 4.78 is 39.5. The summed E-state index contributed by atoms with van der Waals surface area (Å²) in [6, 6.07) is 10.3. The molecule has 2 aromatic carbocycles. The zero-order chi connectivity index (χ0) is 50.1. The number of carbonyl (C=O) groups is 3. The van der Waals surface area contributed by atoms with Crippen LogP contribution in [0.5, 0.6) is 5.75 Å². The molecule has 1 N–H and O–H groups in total. The summed E-state index contributed by atoms with van der Waals surface area (Å²) in [7, 11) is 1.77. The van der Waals surface area contributed by atoms with E-state index < -0.39 is 17.3 Å². The number of benzene rings is 2. The molecule has 0 radical (unpaired) electrons. The van der Waals surface area contributed by atoms with E-state index in [2.05, 4.69) is 63.9 Å². The number of nitrogens with one attached hydrogen (secondary N) is 1. The van der Waals surface area contributed by atoms with Crippen LogP contribution in [0.1, 0.15) is 111 Å². The van der Waals surface area contributed by atoms with E-state index in [1.807, 2.05) is 20.5 Å². The van der Waals surface area contributed by atoms with Crippen molar-refractivity contribution >= 4 is 46.8 Å². The molecule has 372 valence electrons. The summed E-state index contributed by atoms with van der Waals surface area (Å²) in [6.07, 6.45) is 7.76. The highest BCUT2D eigenvalue weighted by atomic mass is 35.5. The van der Waals surface area contributed by atoms with Gasteiger partial charge < -0.3 is 29.7 Å². The molecule has 3 fully saturated rings. The molecule has 4 aliphatic heterocycles. The fraction of sp³-hybridized carbons (Fsp3) is 0.500. The molecule has 0 bridgehead atoms. The standard InChI is InChI=1S/C52H59ClF2N12O4/c1-30(68)64-17-13-42-40(29-64)46(66-14-7-8-32-19-38(35-25-59-62(6)26-35)39(45(54)55)21-43(32)66)61-67(42)36-27-65(28-36)44(69)18-31-11-15-63(16-12-31)50-57-23-34(24-58-50)47(70)60-48-51(2,3)49(52(48,4)5)71-37-10-9-33(22-56)41(53)20-37/h9-10,19-21,23-26,31,36,45,48-49H,7-8,11-18,27-29H2,1-6H3,(H,60,70). The highest BCUT2D eigenvalue weighted by Crippen LogP contribution is 2.56. The number of anilines is 3. The highest BCUT2D eigenvalue weighted by molar-refractivity contribution is 6.31. The fourth-order valence-electron chi connectivity index (χ4n) is 12.0. The lowest BCUT2D eigenvalue weighted by atomic mass is 9.49. The van der Waals surface area contributed by atoms with E-state index >= 15 is 0 Å². The Balaban J connectivity index is 0.745. The number of carbonyl (C=O) groups excluding carboxylic acids is 3. The van der Waals surface area contributed by atoms with Crippen LogP contribution >= 0.6 is 11.6 Å². The van der Waals surface area contributed by atoms with Crippen molar-refractivity contribution in [1.29, 1.82) is 5.26 Å². The third-order valence-electron chi connectivity index (χ3n) is 15.6. The van der Waals surface area contributed by atoms with Gasteiger partial charge in [-0.05, 0) is 67.0 Å². The van der Waals surface area contributed by atoms with Crippen molar-refractivity contribution in [2.75, 3.05) is 49.1 Å². The molecule has 7 heterocycles. The molecule has 0 atom stereocenters. The summed E-state index contributed by atoms with van der Waals surface area (Å²) in [6.45, 7) is 13.7. The van der Waals surface area contributed by atoms with Crippen molar-refractivity contribution in [2.24, 2.45) is 23.8 Å². The van der Waals surface area contributed by atoms with E-state index in [9.17, 15) is 28.4 Å². The molecule has 1 saturated carbocycles. The Morgan fingerprint density at radius 2 is 1.70 bits per heavy atom. The normalized spacial score (nSPS) is 20.7. The largest absolute Gasteiger partial charge is 0.489 e. The van der Waals surface area contributed by atoms with Crippen molar-refractivity contribution in [3.05, 3.63) is 93.7 Å². The molecule has 1 aliphatic carbocycles. The maximum atomic E-state index is 14.7.